The van der Waals surface area contributed by atoms with Gasteiger partial charge in [0.25, 0.3) is 0 Å². The van der Waals surface area contributed by atoms with Gasteiger partial charge in [0, 0.05) is 19.1 Å². The lowest BCUT2D eigenvalue weighted by Crippen LogP contribution is -2.37. The van der Waals surface area contributed by atoms with E-state index in [1.54, 1.807) is 0 Å². The fraction of sp³-hybridized carbons (Fsp3) is 0.684. The van der Waals surface area contributed by atoms with E-state index in [9.17, 15) is 5.11 Å². The second-order valence-electron chi connectivity index (χ2n) is 7.04. The van der Waals surface area contributed by atoms with Crippen LogP contribution in [0.3, 0.4) is 0 Å². The largest absolute Gasteiger partial charge is 0.388 e. The Balaban J connectivity index is 1.89. The molecule has 1 atom stereocenters. The Labute approximate surface area is 130 Å². The highest BCUT2D eigenvalue weighted by atomic mass is 16.3. The van der Waals surface area contributed by atoms with E-state index in [0.29, 0.717) is 5.92 Å². The van der Waals surface area contributed by atoms with E-state index >= 15 is 0 Å². The number of nitrogens with zero attached hydrogens (tertiary/aromatic N) is 1. The summed E-state index contributed by atoms with van der Waals surface area (Å²) in [5.74, 6) is 0.696. The van der Waals surface area contributed by atoms with Crippen molar-refractivity contribution in [3.63, 3.8) is 0 Å². The molecule has 0 aliphatic heterocycles. The molecular formula is C19H31NO. The number of hydrogen-bond acceptors (Lipinski definition) is 2. The minimum absolute atomic E-state index is 0.332. The van der Waals surface area contributed by atoms with Gasteiger partial charge in [-0.05, 0) is 37.7 Å². The molecule has 1 aliphatic carbocycles. The first-order chi connectivity index (χ1) is 10.1. The molecule has 0 bridgehead atoms. The van der Waals surface area contributed by atoms with Crippen LogP contribution in [0.5, 0.6) is 0 Å². The van der Waals surface area contributed by atoms with Gasteiger partial charge in [-0.25, -0.2) is 0 Å². The van der Waals surface area contributed by atoms with Crippen LogP contribution in [0.15, 0.2) is 24.3 Å². The van der Waals surface area contributed by atoms with Crippen molar-refractivity contribution in [2.75, 3.05) is 13.1 Å². The summed E-state index contributed by atoms with van der Waals surface area (Å²) in [6.07, 6.45) is 5.94. The van der Waals surface area contributed by atoms with Crippen LogP contribution in [-0.4, -0.2) is 29.1 Å². The van der Waals surface area contributed by atoms with Gasteiger partial charge in [-0.3, -0.25) is 0 Å². The molecule has 1 aliphatic rings. The van der Waals surface area contributed by atoms with E-state index in [1.165, 1.54) is 31.2 Å². The van der Waals surface area contributed by atoms with E-state index in [1.807, 2.05) is 0 Å². The Bertz CT molecular complexity index is 406. The lowest BCUT2D eigenvalue weighted by atomic mass is 10.0. The molecule has 0 heterocycles. The van der Waals surface area contributed by atoms with Gasteiger partial charge in [0.05, 0.1) is 6.10 Å². The van der Waals surface area contributed by atoms with Crippen LogP contribution in [0.4, 0.5) is 0 Å². The summed E-state index contributed by atoms with van der Waals surface area (Å²) in [4.78, 5) is 2.62. The molecule has 118 valence electrons. The molecule has 2 rings (SSSR count). The third-order valence-electron chi connectivity index (χ3n) is 4.59. The molecule has 1 aromatic rings. The van der Waals surface area contributed by atoms with Crippen molar-refractivity contribution in [2.45, 2.75) is 65.0 Å². The Morgan fingerprint density at radius 2 is 1.76 bits per heavy atom. The van der Waals surface area contributed by atoms with Gasteiger partial charge in [0.15, 0.2) is 0 Å². The molecule has 0 saturated heterocycles. The molecule has 1 saturated carbocycles. The fourth-order valence-corrected chi connectivity index (χ4v) is 3.40. The number of aliphatic hydroxyl groups excluding tert-OH is 1. The summed E-state index contributed by atoms with van der Waals surface area (Å²) in [5, 5.41) is 10.4. The van der Waals surface area contributed by atoms with Gasteiger partial charge in [0.1, 0.15) is 0 Å². The fourth-order valence-electron chi connectivity index (χ4n) is 3.40. The molecular weight excluding hydrogens is 258 g/mol. The first-order valence-corrected chi connectivity index (χ1v) is 8.55. The summed E-state index contributed by atoms with van der Waals surface area (Å²) < 4.78 is 0. The van der Waals surface area contributed by atoms with E-state index in [2.05, 4.69) is 49.9 Å². The second-order valence-corrected chi connectivity index (χ2v) is 7.04. The molecule has 0 aromatic heterocycles. The third-order valence-corrected chi connectivity index (χ3v) is 4.59. The minimum atomic E-state index is -0.332. The Kier molecular flexibility index (Phi) is 6.25. The van der Waals surface area contributed by atoms with Crippen LogP contribution in [-0.2, 0) is 0 Å². The number of rotatable bonds is 7. The lowest BCUT2D eigenvalue weighted by Gasteiger charge is -2.31. The van der Waals surface area contributed by atoms with Gasteiger partial charge < -0.3 is 10.0 Å². The van der Waals surface area contributed by atoms with Crippen LogP contribution in [0.25, 0.3) is 0 Å². The highest BCUT2D eigenvalue weighted by molar-refractivity contribution is 5.23. The highest BCUT2D eigenvalue weighted by Crippen LogP contribution is 2.26. The molecule has 0 amide bonds. The van der Waals surface area contributed by atoms with Crippen molar-refractivity contribution in [3.8, 4) is 0 Å². The summed E-state index contributed by atoms with van der Waals surface area (Å²) in [5.41, 5.74) is 2.30. The van der Waals surface area contributed by atoms with Gasteiger partial charge in [-0.15, -0.1) is 0 Å². The number of aryl methyl sites for hydroxylation is 1. The van der Waals surface area contributed by atoms with E-state index in [0.717, 1.165) is 31.1 Å². The van der Waals surface area contributed by atoms with Crippen LogP contribution in [0.2, 0.25) is 0 Å². The summed E-state index contributed by atoms with van der Waals surface area (Å²) in [6, 6.07) is 9.03. The Morgan fingerprint density at radius 1 is 1.14 bits per heavy atom. The third kappa shape index (κ3) is 5.12. The summed E-state index contributed by atoms with van der Waals surface area (Å²) >= 11 is 0. The van der Waals surface area contributed by atoms with E-state index < -0.39 is 0 Å². The zero-order chi connectivity index (χ0) is 15.2. The maximum absolute atomic E-state index is 10.4. The summed E-state index contributed by atoms with van der Waals surface area (Å²) in [7, 11) is 0. The van der Waals surface area contributed by atoms with Crippen molar-refractivity contribution < 1.29 is 5.11 Å². The zero-order valence-electron chi connectivity index (χ0n) is 13.9. The first-order valence-electron chi connectivity index (χ1n) is 8.55. The first kappa shape index (κ1) is 16.5. The van der Waals surface area contributed by atoms with Crippen molar-refractivity contribution in [1.29, 1.82) is 0 Å². The van der Waals surface area contributed by atoms with Crippen LogP contribution in [0, 0.1) is 12.8 Å². The van der Waals surface area contributed by atoms with Gasteiger partial charge >= 0.3 is 0 Å². The van der Waals surface area contributed by atoms with Crippen molar-refractivity contribution >= 4 is 0 Å². The van der Waals surface area contributed by atoms with Crippen LogP contribution >= 0.6 is 0 Å². The number of benzene rings is 1. The maximum atomic E-state index is 10.4. The van der Waals surface area contributed by atoms with Crippen LogP contribution < -0.4 is 0 Å². The lowest BCUT2D eigenvalue weighted by molar-refractivity contribution is 0.116. The molecule has 1 N–H and O–H groups in total. The van der Waals surface area contributed by atoms with Gasteiger partial charge in [-0.2, -0.15) is 0 Å². The molecule has 21 heavy (non-hydrogen) atoms. The molecule has 0 radical (unpaired) electrons. The smallest absolute Gasteiger partial charge is 0.0802 e. The second kappa shape index (κ2) is 7.95. The molecule has 0 spiro atoms. The standard InChI is InChI=1S/C19H31NO/c1-15(2)14-20(18-6-4-5-7-18)13-12-19(21)17-10-8-16(3)9-11-17/h8-11,15,18-19,21H,4-7,12-14H2,1-3H3. The quantitative estimate of drug-likeness (QED) is 0.808. The SMILES string of the molecule is Cc1ccc(C(O)CCN(CC(C)C)C2CCCC2)cc1. The monoisotopic (exact) mass is 289 g/mol. The number of aliphatic hydroxyl groups is 1. The topological polar surface area (TPSA) is 23.5 Å². The predicted molar refractivity (Wildman–Crippen MR) is 89.4 cm³/mol. The van der Waals surface area contributed by atoms with Gasteiger partial charge in [0.2, 0.25) is 0 Å². The maximum Gasteiger partial charge on any atom is 0.0802 e. The van der Waals surface area contributed by atoms with Crippen LogP contribution in [0.1, 0.15) is 63.2 Å². The Morgan fingerprint density at radius 3 is 2.33 bits per heavy atom. The van der Waals surface area contributed by atoms with Gasteiger partial charge in [-0.1, -0.05) is 56.5 Å². The number of hydrogen-bond donors (Lipinski definition) is 1. The zero-order valence-corrected chi connectivity index (χ0v) is 13.9. The molecule has 1 unspecified atom stereocenters. The molecule has 1 aromatic carbocycles. The average molecular weight is 289 g/mol. The van der Waals surface area contributed by atoms with Crippen molar-refractivity contribution in [3.05, 3.63) is 35.4 Å². The highest BCUT2D eigenvalue weighted by Gasteiger charge is 2.23. The van der Waals surface area contributed by atoms with E-state index in [-0.39, 0.29) is 6.10 Å². The predicted octanol–water partition coefficient (Wildman–Crippen LogP) is 4.32. The average Bonchev–Trinajstić information content (AvgIpc) is 2.97. The minimum Gasteiger partial charge on any atom is -0.388 e. The molecule has 1 fully saturated rings. The molecule has 2 heteroatoms. The normalized spacial score (nSPS) is 17.8. The van der Waals surface area contributed by atoms with E-state index in [4.69, 9.17) is 0 Å². The Hall–Kier alpha value is -0.860. The van der Waals surface area contributed by atoms with Crippen molar-refractivity contribution in [2.24, 2.45) is 5.92 Å². The summed E-state index contributed by atoms with van der Waals surface area (Å²) in [6.45, 7) is 8.83. The molecule has 2 nitrogen and oxygen atoms in total. The van der Waals surface area contributed by atoms with Crippen molar-refractivity contribution in [1.82, 2.24) is 4.90 Å².